The number of halogens is 1. The molecule has 4 rings (SSSR count). The molecule has 1 aliphatic rings. The molecule has 0 fully saturated rings. The molecule has 0 saturated heterocycles. The molecule has 28 heavy (non-hydrogen) atoms. The molecule has 0 saturated carbocycles. The Morgan fingerprint density at radius 2 is 1.96 bits per heavy atom. The van der Waals surface area contributed by atoms with Crippen LogP contribution in [0.2, 0.25) is 0 Å². The zero-order valence-electron chi connectivity index (χ0n) is 15.0. The number of carbonyl (C=O) groups is 2. The first kappa shape index (κ1) is 17.8. The summed E-state index contributed by atoms with van der Waals surface area (Å²) in [7, 11) is 0. The van der Waals surface area contributed by atoms with E-state index in [1.807, 2.05) is 6.92 Å². The molecule has 2 amide bonds. The Labute approximate surface area is 159 Å². The second kappa shape index (κ2) is 7.22. The van der Waals surface area contributed by atoms with Gasteiger partial charge in [0.05, 0.1) is 6.42 Å². The second-order valence-electron chi connectivity index (χ2n) is 6.50. The molecule has 1 aliphatic heterocycles. The number of fused-ring (bicyclic) bond motifs is 2. The summed E-state index contributed by atoms with van der Waals surface area (Å²) in [5.74, 6) is -0.297. The maximum Gasteiger partial charge on any atom is 0.283 e. The van der Waals surface area contributed by atoms with Crippen LogP contribution in [-0.4, -0.2) is 29.5 Å². The average Bonchev–Trinajstić information content (AvgIpc) is 3.00. The Morgan fingerprint density at radius 3 is 2.79 bits per heavy atom. The molecule has 0 aliphatic carbocycles. The van der Waals surface area contributed by atoms with E-state index in [0.717, 1.165) is 11.2 Å². The van der Waals surface area contributed by atoms with E-state index in [-0.39, 0.29) is 18.8 Å². The highest BCUT2D eigenvalue weighted by Crippen LogP contribution is 2.30. The third-order valence-corrected chi connectivity index (χ3v) is 4.55. The lowest BCUT2D eigenvalue weighted by molar-refractivity contribution is -0.134. The number of aryl methyl sites for hydroxylation is 1. The van der Waals surface area contributed by atoms with Gasteiger partial charge < -0.3 is 14.5 Å². The number of aromatic nitrogens is 1. The van der Waals surface area contributed by atoms with Crippen molar-refractivity contribution < 1.29 is 23.5 Å². The predicted octanol–water partition coefficient (Wildman–Crippen LogP) is 2.15. The minimum absolute atomic E-state index is 0.0135. The minimum Gasteiger partial charge on any atom is -0.485 e. The molecule has 2 heterocycles. The van der Waals surface area contributed by atoms with E-state index in [2.05, 4.69) is 15.8 Å². The number of rotatable bonds is 3. The third-order valence-electron chi connectivity index (χ3n) is 4.55. The van der Waals surface area contributed by atoms with Crippen LogP contribution in [0.15, 0.2) is 42.5 Å². The number of amides is 2. The first-order valence-corrected chi connectivity index (χ1v) is 8.75. The SMILES string of the molecule is Cc1[nH]c2ccc(F)cc2c1CC(=O)NNC(=O)C1COc2ccccc2O1. The highest BCUT2D eigenvalue weighted by Gasteiger charge is 2.27. The molecule has 2 aromatic carbocycles. The van der Waals surface area contributed by atoms with Gasteiger partial charge in [-0.2, -0.15) is 0 Å². The van der Waals surface area contributed by atoms with Crippen molar-refractivity contribution in [1.29, 1.82) is 0 Å². The van der Waals surface area contributed by atoms with E-state index in [9.17, 15) is 14.0 Å². The van der Waals surface area contributed by atoms with Crippen LogP contribution < -0.4 is 20.3 Å². The van der Waals surface area contributed by atoms with Crippen LogP contribution in [0.3, 0.4) is 0 Å². The zero-order chi connectivity index (χ0) is 19.7. The van der Waals surface area contributed by atoms with Crippen molar-refractivity contribution >= 4 is 22.7 Å². The number of hydrogen-bond acceptors (Lipinski definition) is 4. The number of hydrogen-bond donors (Lipinski definition) is 3. The number of benzene rings is 2. The standard InChI is InChI=1S/C20H18FN3O4/c1-11-13(14-8-12(21)6-7-15(14)22-11)9-19(25)23-24-20(26)18-10-27-16-4-2-3-5-17(16)28-18/h2-8,18,22H,9-10H2,1H3,(H,23,25)(H,24,26). The van der Waals surface area contributed by atoms with Crippen LogP contribution in [0.5, 0.6) is 11.5 Å². The van der Waals surface area contributed by atoms with Gasteiger partial charge in [-0.25, -0.2) is 4.39 Å². The molecule has 7 nitrogen and oxygen atoms in total. The van der Waals surface area contributed by atoms with Crippen molar-refractivity contribution in [2.75, 3.05) is 6.61 Å². The van der Waals surface area contributed by atoms with Gasteiger partial charge in [0.1, 0.15) is 12.4 Å². The Hall–Kier alpha value is -3.55. The van der Waals surface area contributed by atoms with Crippen LogP contribution in [0.4, 0.5) is 4.39 Å². The summed E-state index contributed by atoms with van der Waals surface area (Å²) < 4.78 is 24.6. The van der Waals surface area contributed by atoms with Crippen molar-refractivity contribution in [3.63, 3.8) is 0 Å². The van der Waals surface area contributed by atoms with Gasteiger partial charge in [-0.3, -0.25) is 20.4 Å². The summed E-state index contributed by atoms with van der Waals surface area (Å²) in [6, 6.07) is 11.4. The van der Waals surface area contributed by atoms with Crippen LogP contribution in [-0.2, 0) is 16.0 Å². The van der Waals surface area contributed by atoms with Crippen molar-refractivity contribution in [3.8, 4) is 11.5 Å². The molecule has 0 spiro atoms. The van der Waals surface area contributed by atoms with Crippen LogP contribution in [0.1, 0.15) is 11.3 Å². The molecular formula is C20H18FN3O4. The molecule has 1 aromatic heterocycles. The topological polar surface area (TPSA) is 92.5 Å². The first-order chi connectivity index (χ1) is 13.5. The summed E-state index contributed by atoms with van der Waals surface area (Å²) in [5.41, 5.74) is 6.90. The number of nitrogens with one attached hydrogen (secondary N) is 3. The van der Waals surface area contributed by atoms with E-state index in [0.29, 0.717) is 22.4 Å². The van der Waals surface area contributed by atoms with Gasteiger partial charge in [-0.15, -0.1) is 0 Å². The van der Waals surface area contributed by atoms with Crippen LogP contribution in [0, 0.1) is 12.7 Å². The Balaban J connectivity index is 1.37. The maximum absolute atomic E-state index is 13.5. The van der Waals surface area contributed by atoms with Gasteiger partial charge in [0.15, 0.2) is 11.5 Å². The van der Waals surface area contributed by atoms with E-state index < -0.39 is 17.9 Å². The fourth-order valence-electron chi connectivity index (χ4n) is 3.15. The van der Waals surface area contributed by atoms with Crippen LogP contribution >= 0.6 is 0 Å². The monoisotopic (exact) mass is 383 g/mol. The Kier molecular flexibility index (Phi) is 4.60. The quantitative estimate of drug-likeness (QED) is 0.605. The van der Waals surface area contributed by atoms with Crippen molar-refractivity contribution in [1.82, 2.24) is 15.8 Å². The fraction of sp³-hybridized carbons (Fsp3) is 0.200. The summed E-state index contributed by atoms with van der Waals surface area (Å²) >= 11 is 0. The summed E-state index contributed by atoms with van der Waals surface area (Å²) in [6.45, 7) is 1.85. The van der Waals surface area contributed by atoms with Crippen molar-refractivity contribution in [3.05, 3.63) is 59.5 Å². The highest BCUT2D eigenvalue weighted by atomic mass is 19.1. The number of carbonyl (C=O) groups excluding carboxylic acids is 2. The van der Waals surface area contributed by atoms with Crippen molar-refractivity contribution in [2.24, 2.45) is 0 Å². The van der Waals surface area contributed by atoms with Gasteiger partial charge >= 0.3 is 0 Å². The molecular weight excluding hydrogens is 365 g/mol. The minimum atomic E-state index is -0.876. The number of para-hydroxylation sites is 2. The van der Waals surface area contributed by atoms with E-state index >= 15 is 0 Å². The van der Waals surface area contributed by atoms with Gasteiger partial charge in [-0.05, 0) is 42.8 Å². The normalized spacial score (nSPS) is 15.3. The first-order valence-electron chi connectivity index (χ1n) is 8.75. The maximum atomic E-state index is 13.5. The summed E-state index contributed by atoms with van der Waals surface area (Å²) in [6.07, 6.45) is -0.889. The second-order valence-corrected chi connectivity index (χ2v) is 6.50. The molecule has 144 valence electrons. The number of H-pyrrole nitrogens is 1. The lowest BCUT2D eigenvalue weighted by Gasteiger charge is -2.25. The largest absolute Gasteiger partial charge is 0.485 e. The molecule has 0 bridgehead atoms. The van der Waals surface area contributed by atoms with E-state index in [1.54, 1.807) is 30.3 Å². The molecule has 8 heteroatoms. The van der Waals surface area contributed by atoms with Gasteiger partial charge in [-0.1, -0.05) is 12.1 Å². The fourth-order valence-corrected chi connectivity index (χ4v) is 3.15. The molecule has 3 N–H and O–H groups in total. The van der Waals surface area contributed by atoms with Gasteiger partial charge in [0.2, 0.25) is 12.0 Å². The number of aromatic amines is 1. The molecule has 0 radical (unpaired) electrons. The lowest BCUT2D eigenvalue weighted by Crippen LogP contribution is -2.51. The summed E-state index contributed by atoms with van der Waals surface area (Å²) in [4.78, 5) is 27.6. The number of ether oxygens (including phenoxy) is 2. The molecule has 1 unspecified atom stereocenters. The molecule has 1 atom stereocenters. The number of hydrazine groups is 1. The predicted molar refractivity (Wildman–Crippen MR) is 99.3 cm³/mol. The summed E-state index contributed by atoms with van der Waals surface area (Å²) in [5, 5.41) is 0.639. The zero-order valence-corrected chi connectivity index (χ0v) is 15.0. The van der Waals surface area contributed by atoms with Gasteiger partial charge in [0, 0.05) is 16.6 Å². The third kappa shape index (κ3) is 3.48. The van der Waals surface area contributed by atoms with E-state index in [1.165, 1.54) is 12.1 Å². The van der Waals surface area contributed by atoms with Crippen molar-refractivity contribution in [2.45, 2.75) is 19.4 Å². The highest BCUT2D eigenvalue weighted by molar-refractivity contribution is 5.91. The lowest BCUT2D eigenvalue weighted by atomic mass is 10.1. The van der Waals surface area contributed by atoms with E-state index in [4.69, 9.17) is 9.47 Å². The Bertz CT molecular complexity index is 1060. The van der Waals surface area contributed by atoms with Gasteiger partial charge in [0.25, 0.3) is 5.91 Å². The average molecular weight is 383 g/mol. The smallest absolute Gasteiger partial charge is 0.283 e. The van der Waals surface area contributed by atoms with Crippen LogP contribution in [0.25, 0.3) is 10.9 Å². The Morgan fingerprint density at radius 1 is 1.18 bits per heavy atom. The molecule has 3 aromatic rings.